The van der Waals surface area contributed by atoms with E-state index in [0.717, 1.165) is 25.3 Å². The maximum Gasteiger partial charge on any atom is 0.275 e. The van der Waals surface area contributed by atoms with Crippen molar-refractivity contribution in [3.63, 3.8) is 0 Å². The quantitative estimate of drug-likeness (QED) is 0.664. The Bertz CT molecular complexity index is 464. The van der Waals surface area contributed by atoms with Crippen LogP contribution in [0.25, 0.3) is 0 Å². The fourth-order valence-electron chi connectivity index (χ4n) is 2.27. The van der Waals surface area contributed by atoms with Crippen LogP contribution in [0.4, 0.5) is 11.4 Å². The van der Waals surface area contributed by atoms with Crippen molar-refractivity contribution in [1.82, 2.24) is 5.32 Å². The number of nitro groups is 1. The van der Waals surface area contributed by atoms with E-state index in [-0.39, 0.29) is 10.6 Å². The number of nitro benzene ring substituents is 1. The molecule has 1 aromatic rings. The largest absolute Gasteiger partial charge is 0.494 e. The smallest absolute Gasteiger partial charge is 0.275 e. The van der Waals surface area contributed by atoms with Gasteiger partial charge in [0.2, 0.25) is 0 Å². The van der Waals surface area contributed by atoms with Crippen molar-refractivity contribution in [2.45, 2.75) is 19.9 Å². The topological polar surface area (TPSA) is 67.6 Å². The van der Waals surface area contributed by atoms with Gasteiger partial charge in [-0.25, -0.2) is 0 Å². The maximum absolute atomic E-state index is 11.0. The van der Waals surface area contributed by atoms with Gasteiger partial charge in [0.1, 0.15) is 5.75 Å². The molecule has 6 nitrogen and oxygen atoms in total. The highest BCUT2D eigenvalue weighted by atomic mass is 16.6. The van der Waals surface area contributed by atoms with Crippen molar-refractivity contribution in [2.75, 3.05) is 31.1 Å². The third-order valence-corrected chi connectivity index (χ3v) is 3.13. The first-order chi connectivity index (χ1) is 9.10. The van der Waals surface area contributed by atoms with Crippen LogP contribution in [0.2, 0.25) is 0 Å². The molecule has 1 saturated heterocycles. The number of anilines is 1. The first-order valence-corrected chi connectivity index (χ1v) is 6.50. The number of non-ortho nitro benzene ring substituents is 1. The Kier molecular flexibility index (Phi) is 4.21. The van der Waals surface area contributed by atoms with E-state index in [1.165, 1.54) is 6.07 Å². The Morgan fingerprint density at radius 3 is 2.95 bits per heavy atom. The molecule has 1 heterocycles. The van der Waals surface area contributed by atoms with Crippen LogP contribution in [0.3, 0.4) is 0 Å². The van der Waals surface area contributed by atoms with E-state index < -0.39 is 0 Å². The Hall–Kier alpha value is -1.82. The minimum Gasteiger partial charge on any atom is -0.494 e. The zero-order valence-electron chi connectivity index (χ0n) is 11.3. The molecule has 1 aromatic carbocycles. The molecule has 6 heteroatoms. The third-order valence-electron chi connectivity index (χ3n) is 3.13. The Morgan fingerprint density at radius 2 is 2.32 bits per heavy atom. The molecule has 0 aliphatic carbocycles. The second-order valence-corrected chi connectivity index (χ2v) is 4.68. The summed E-state index contributed by atoms with van der Waals surface area (Å²) in [6.45, 7) is 7.04. The van der Waals surface area contributed by atoms with Crippen molar-refractivity contribution in [3.05, 3.63) is 28.3 Å². The van der Waals surface area contributed by atoms with Crippen LogP contribution < -0.4 is 15.0 Å². The zero-order valence-corrected chi connectivity index (χ0v) is 11.3. The van der Waals surface area contributed by atoms with Gasteiger partial charge in [-0.3, -0.25) is 10.1 Å². The van der Waals surface area contributed by atoms with Gasteiger partial charge < -0.3 is 15.0 Å². The van der Waals surface area contributed by atoms with Gasteiger partial charge in [0.25, 0.3) is 5.69 Å². The maximum atomic E-state index is 11.0. The lowest BCUT2D eigenvalue weighted by Crippen LogP contribution is -2.49. The van der Waals surface area contributed by atoms with Gasteiger partial charge in [0.15, 0.2) is 0 Å². The van der Waals surface area contributed by atoms with Crippen LogP contribution >= 0.6 is 0 Å². The molecule has 1 N–H and O–H groups in total. The average Bonchev–Trinajstić information content (AvgIpc) is 2.38. The molecule has 0 bridgehead atoms. The highest BCUT2D eigenvalue weighted by Crippen LogP contribution is 2.29. The van der Waals surface area contributed by atoms with Gasteiger partial charge in [-0.15, -0.1) is 0 Å². The first-order valence-electron chi connectivity index (χ1n) is 6.50. The first kappa shape index (κ1) is 13.6. The van der Waals surface area contributed by atoms with Crippen molar-refractivity contribution in [3.8, 4) is 5.75 Å². The Labute approximate surface area is 112 Å². The molecule has 0 radical (unpaired) electrons. The van der Waals surface area contributed by atoms with Crippen LogP contribution in [-0.2, 0) is 0 Å². The minimum atomic E-state index is -0.377. The number of nitrogens with one attached hydrogen (secondary N) is 1. The number of hydrogen-bond acceptors (Lipinski definition) is 5. The number of piperazine rings is 1. The fraction of sp³-hybridized carbons (Fsp3) is 0.538. The van der Waals surface area contributed by atoms with Gasteiger partial charge in [-0.2, -0.15) is 0 Å². The predicted molar refractivity (Wildman–Crippen MR) is 73.9 cm³/mol. The van der Waals surface area contributed by atoms with Gasteiger partial charge in [-0.1, -0.05) is 0 Å². The van der Waals surface area contributed by atoms with Crippen molar-refractivity contribution >= 4 is 11.4 Å². The molecule has 1 aliphatic rings. The van der Waals surface area contributed by atoms with Gasteiger partial charge in [-0.05, 0) is 13.8 Å². The summed E-state index contributed by atoms with van der Waals surface area (Å²) in [6.07, 6.45) is 0. The standard InChI is InChI=1S/C13H19N3O3/c1-3-19-13-7-11(6-12(8-13)16(17)18)15-5-4-14-10(2)9-15/h6-8,10,14H,3-5,9H2,1-2H3/t10-/m0/s1. The van der Waals surface area contributed by atoms with E-state index >= 15 is 0 Å². The van der Waals surface area contributed by atoms with Crippen molar-refractivity contribution in [1.29, 1.82) is 0 Å². The number of rotatable bonds is 4. The summed E-state index contributed by atoms with van der Waals surface area (Å²) in [5.41, 5.74) is 0.929. The highest BCUT2D eigenvalue weighted by Gasteiger charge is 2.19. The molecule has 0 saturated carbocycles. The van der Waals surface area contributed by atoms with E-state index in [9.17, 15) is 10.1 Å². The van der Waals surface area contributed by atoms with Gasteiger partial charge >= 0.3 is 0 Å². The summed E-state index contributed by atoms with van der Waals surface area (Å²) in [5.74, 6) is 0.554. The number of nitrogens with zero attached hydrogens (tertiary/aromatic N) is 2. The fourth-order valence-corrected chi connectivity index (χ4v) is 2.27. The number of benzene rings is 1. The summed E-state index contributed by atoms with van der Waals surface area (Å²) < 4.78 is 5.41. The van der Waals surface area contributed by atoms with E-state index in [2.05, 4.69) is 17.1 Å². The molecular weight excluding hydrogens is 246 g/mol. The molecule has 0 amide bonds. The molecule has 0 spiro atoms. The van der Waals surface area contributed by atoms with Crippen LogP contribution in [0.1, 0.15) is 13.8 Å². The number of hydrogen-bond donors (Lipinski definition) is 1. The minimum absolute atomic E-state index is 0.0761. The highest BCUT2D eigenvalue weighted by molar-refractivity contribution is 5.58. The van der Waals surface area contributed by atoms with E-state index in [1.54, 1.807) is 6.07 Å². The second kappa shape index (κ2) is 5.88. The molecule has 2 rings (SSSR count). The van der Waals surface area contributed by atoms with Gasteiger partial charge in [0.05, 0.1) is 17.6 Å². The molecule has 1 aliphatic heterocycles. The Balaban J connectivity index is 2.29. The summed E-state index contributed by atoms with van der Waals surface area (Å²) in [4.78, 5) is 12.7. The van der Waals surface area contributed by atoms with E-state index in [4.69, 9.17) is 4.74 Å². The lowest BCUT2D eigenvalue weighted by atomic mass is 10.2. The lowest BCUT2D eigenvalue weighted by Gasteiger charge is -2.33. The molecule has 0 unspecified atom stereocenters. The molecule has 19 heavy (non-hydrogen) atoms. The molecule has 1 fully saturated rings. The summed E-state index contributed by atoms with van der Waals surface area (Å²) in [7, 11) is 0. The van der Waals surface area contributed by atoms with Crippen molar-refractivity contribution in [2.24, 2.45) is 0 Å². The summed E-state index contributed by atoms with van der Waals surface area (Å²) >= 11 is 0. The van der Waals surface area contributed by atoms with Crippen LogP contribution in [0, 0.1) is 10.1 Å². The molecule has 104 valence electrons. The van der Waals surface area contributed by atoms with Crippen molar-refractivity contribution < 1.29 is 9.66 Å². The third kappa shape index (κ3) is 3.35. The SMILES string of the molecule is CCOc1cc(N2CCN[C@@H](C)C2)cc([N+](=O)[O-])c1. The lowest BCUT2D eigenvalue weighted by molar-refractivity contribution is -0.384. The van der Waals surface area contributed by atoms with E-state index in [1.807, 2.05) is 13.0 Å². The van der Waals surface area contributed by atoms with Gasteiger partial charge in [0, 0.05) is 43.5 Å². The normalized spacial score (nSPS) is 19.3. The van der Waals surface area contributed by atoms with Crippen LogP contribution in [0.15, 0.2) is 18.2 Å². The van der Waals surface area contributed by atoms with Crippen LogP contribution in [-0.4, -0.2) is 37.2 Å². The molecular formula is C13H19N3O3. The zero-order chi connectivity index (χ0) is 13.8. The number of ether oxygens (including phenoxy) is 1. The van der Waals surface area contributed by atoms with Crippen LogP contribution in [0.5, 0.6) is 5.75 Å². The molecule has 1 atom stereocenters. The Morgan fingerprint density at radius 1 is 1.53 bits per heavy atom. The van der Waals surface area contributed by atoms with E-state index in [0.29, 0.717) is 18.4 Å². The molecule has 0 aromatic heterocycles. The average molecular weight is 265 g/mol. The monoisotopic (exact) mass is 265 g/mol. The predicted octanol–water partition coefficient (Wildman–Crippen LogP) is 1.79. The summed E-state index contributed by atoms with van der Waals surface area (Å²) in [6, 6.07) is 5.33. The second-order valence-electron chi connectivity index (χ2n) is 4.68. The summed E-state index contributed by atoms with van der Waals surface area (Å²) in [5, 5.41) is 14.3.